The Morgan fingerprint density at radius 1 is 0.880 bits per heavy atom. The molecule has 0 heterocycles. The molecule has 0 spiro atoms. The van der Waals surface area contributed by atoms with E-state index in [9.17, 15) is 9.59 Å². The normalized spacial score (nSPS) is 12.4. The molecule has 1 atom stereocenters. The van der Waals surface area contributed by atoms with Crippen LogP contribution >= 0.6 is 31.9 Å². The van der Waals surface area contributed by atoms with E-state index in [0.29, 0.717) is 20.1 Å². The highest BCUT2D eigenvalue weighted by atomic mass is 79.9. The predicted molar refractivity (Wildman–Crippen MR) is 103 cm³/mol. The molecule has 0 radical (unpaired) electrons. The van der Waals surface area contributed by atoms with E-state index in [1.165, 1.54) is 0 Å². The summed E-state index contributed by atoms with van der Waals surface area (Å²) < 4.78 is 12.4. The van der Waals surface area contributed by atoms with Crippen molar-refractivity contribution in [3.63, 3.8) is 0 Å². The minimum Gasteiger partial charge on any atom is -0.455 e. The lowest BCUT2D eigenvalue weighted by Crippen LogP contribution is -2.42. The van der Waals surface area contributed by atoms with Crippen molar-refractivity contribution >= 4 is 43.8 Å². The van der Waals surface area contributed by atoms with Crippen LogP contribution in [0.3, 0.4) is 0 Å². The number of rotatable bonds is 5. The van der Waals surface area contributed by atoms with Crippen LogP contribution in [0.25, 0.3) is 0 Å². The lowest BCUT2D eigenvalue weighted by molar-refractivity contribution is -0.0721. The van der Waals surface area contributed by atoms with Crippen molar-refractivity contribution < 1.29 is 19.1 Å². The number of hydrogen-bond acceptors (Lipinski definition) is 4. The van der Waals surface area contributed by atoms with Crippen LogP contribution in [0.2, 0.25) is 0 Å². The van der Waals surface area contributed by atoms with Gasteiger partial charge in [0, 0.05) is 8.95 Å². The Bertz CT molecular complexity index is 786. The zero-order valence-electron chi connectivity index (χ0n) is 14.1. The van der Waals surface area contributed by atoms with Crippen LogP contribution < -0.4 is 0 Å². The van der Waals surface area contributed by atoms with E-state index in [4.69, 9.17) is 9.47 Å². The van der Waals surface area contributed by atoms with Crippen LogP contribution in [-0.2, 0) is 9.47 Å². The third-order valence-electron chi connectivity index (χ3n) is 3.81. The molecule has 0 aliphatic heterocycles. The molecule has 1 unspecified atom stereocenters. The fourth-order valence-corrected chi connectivity index (χ4v) is 2.89. The molecule has 2 aromatic rings. The Balaban J connectivity index is 2.08. The lowest BCUT2D eigenvalue weighted by atomic mass is 10.0. The molecule has 0 aliphatic carbocycles. The van der Waals surface area contributed by atoms with Gasteiger partial charge in [0.15, 0.2) is 0 Å². The van der Waals surface area contributed by atoms with Gasteiger partial charge in [-0.25, -0.2) is 9.59 Å². The van der Waals surface area contributed by atoms with Crippen LogP contribution in [0.5, 0.6) is 0 Å². The summed E-state index contributed by atoms with van der Waals surface area (Å²) in [7, 11) is 0. The van der Waals surface area contributed by atoms with E-state index < -0.39 is 23.6 Å². The summed E-state index contributed by atoms with van der Waals surface area (Å²) in [6, 6.07) is 14.0. The first-order valence-electron chi connectivity index (χ1n) is 7.66. The van der Waals surface area contributed by atoms with Gasteiger partial charge in [0.05, 0.1) is 11.1 Å². The van der Waals surface area contributed by atoms with Gasteiger partial charge < -0.3 is 9.47 Å². The standard InChI is InChI=1S/C19H18Br2O4/c1-12(24-17(22)13-8-4-6-10-15(13)20)19(2,3)25-18(23)14-9-5-7-11-16(14)21/h4-12H,1-3H3. The van der Waals surface area contributed by atoms with Gasteiger partial charge in [-0.05, 0) is 76.9 Å². The Hall–Kier alpha value is -1.66. The second-order valence-corrected chi connectivity index (χ2v) is 7.71. The van der Waals surface area contributed by atoms with Gasteiger partial charge in [-0.1, -0.05) is 24.3 Å². The van der Waals surface area contributed by atoms with Gasteiger partial charge in [-0.2, -0.15) is 0 Å². The van der Waals surface area contributed by atoms with Crippen molar-refractivity contribution in [3.05, 3.63) is 68.6 Å². The first kappa shape index (κ1) is 19.7. The smallest absolute Gasteiger partial charge is 0.339 e. The molecular weight excluding hydrogens is 452 g/mol. The van der Waals surface area contributed by atoms with E-state index in [1.807, 2.05) is 12.1 Å². The molecule has 0 saturated carbocycles. The zero-order chi connectivity index (χ0) is 18.6. The molecule has 2 rings (SSSR count). The summed E-state index contributed by atoms with van der Waals surface area (Å²) in [6.07, 6.45) is -0.640. The van der Waals surface area contributed by atoms with E-state index in [2.05, 4.69) is 31.9 Å². The molecule has 0 amide bonds. The number of esters is 2. The van der Waals surface area contributed by atoms with Crippen LogP contribution in [0.1, 0.15) is 41.5 Å². The predicted octanol–water partition coefficient (Wildman–Crippen LogP) is 5.39. The number of hydrogen-bond donors (Lipinski definition) is 0. The summed E-state index contributed by atoms with van der Waals surface area (Å²) >= 11 is 6.65. The summed E-state index contributed by atoms with van der Waals surface area (Å²) in [6.45, 7) is 5.11. The highest BCUT2D eigenvalue weighted by Gasteiger charge is 2.34. The fourth-order valence-electron chi connectivity index (χ4n) is 2.00. The number of halogens is 2. The summed E-state index contributed by atoms with van der Waals surface area (Å²) in [4.78, 5) is 24.7. The van der Waals surface area contributed by atoms with Gasteiger partial charge in [-0.3, -0.25) is 0 Å². The third-order valence-corrected chi connectivity index (χ3v) is 5.19. The van der Waals surface area contributed by atoms with Gasteiger partial charge in [0.1, 0.15) is 11.7 Å². The molecule has 0 N–H and O–H groups in total. The summed E-state index contributed by atoms with van der Waals surface area (Å²) in [5, 5.41) is 0. The Kier molecular flexibility index (Phi) is 6.41. The van der Waals surface area contributed by atoms with Crippen molar-refractivity contribution in [3.8, 4) is 0 Å². The average molecular weight is 470 g/mol. The maximum absolute atomic E-state index is 12.4. The number of benzene rings is 2. The van der Waals surface area contributed by atoms with E-state index in [0.717, 1.165) is 0 Å². The van der Waals surface area contributed by atoms with Crippen molar-refractivity contribution in [1.29, 1.82) is 0 Å². The highest BCUT2D eigenvalue weighted by Crippen LogP contribution is 2.25. The van der Waals surface area contributed by atoms with Crippen molar-refractivity contribution in [2.45, 2.75) is 32.5 Å². The third kappa shape index (κ3) is 4.92. The molecule has 132 valence electrons. The SMILES string of the molecule is CC(OC(=O)c1ccccc1Br)C(C)(C)OC(=O)c1ccccc1Br. The van der Waals surface area contributed by atoms with E-state index in [-0.39, 0.29) is 0 Å². The average Bonchev–Trinajstić information content (AvgIpc) is 2.55. The quantitative estimate of drug-likeness (QED) is 0.550. The van der Waals surface area contributed by atoms with Crippen LogP contribution in [0.4, 0.5) is 0 Å². The van der Waals surface area contributed by atoms with Crippen LogP contribution in [-0.4, -0.2) is 23.6 Å². The number of carbonyl (C=O) groups is 2. The molecule has 6 heteroatoms. The number of carbonyl (C=O) groups excluding carboxylic acids is 2. The lowest BCUT2D eigenvalue weighted by Gasteiger charge is -2.31. The molecule has 2 aromatic carbocycles. The first-order valence-corrected chi connectivity index (χ1v) is 9.24. The second-order valence-electron chi connectivity index (χ2n) is 6.00. The zero-order valence-corrected chi connectivity index (χ0v) is 17.3. The highest BCUT2D eigenvalue weighted by molar-refractivity contribution is 9.10. The Morgan fingerprint density at radius 3 is 1.80 bits per heavy atom. The molecule has 0 aliphatic rings. The van der Waals surface area contributed by atoms with Crippen LogP contribution in [0.15, 0.2) is 57.5 Å². The summed E-state index contributed by atoms with van der Waals surface area (Å²) in [5.41, 5.74) is -0.161. The minimum absolute atomic E-state index is 0.417. The van der Waals surface area contributed by atoms with Crippen molar-refractivity contribution in [2.75, 3.05) is 0 Å². The van der Waals surface area contributed by atoms with E-state index >= 15 is 0 Å². The largest absolute Gasteiger partial charge is 0.455 e. The molecular formula is C19H18Br2O4. The van der Waals surface area contributed by atoms with Crippen molar-refractivity contribution in [2.24, 2.45) is 0 Å². The summed E-state index contributed by atoms with van der Waals surface area (Å²) in [5.74, 6) is -0.966. The number of ether oxygens (including phenoxy) is 2. The molecule has 25 heavy (non-hydrogen) atoms. The monoisotopic (exact) mass is 468 g/mol. The second kappa shape index (κ2) is 8.15. The van der Waals surface area contributed by atoms with Gasteiger partial charge in [0.2, 0.25) is 0 Å². The fraction of sp³-hybridized carbons (Fsp3) is 0.263. The van der Waals surface area contributed by atoms with Crippen molar-refractivity contribution in [1.82, 2.24) is 0 Å². The maximum atomic E-state index is 12.4. The maximum Gasteiger partial charge on any atom is 0.339 e. The Morgan fingerprint density at radius 2 is 1.32 bits per heavy atom. The first-order chi connectivity index (χ1) is 11.7. The van der Waals surface area contributed by atoms with E-state index in [1.54, 1.807) is 57.2 Å². The molecule has 4 nitrogen and oxygen atoms in total. The topological polar surface area (TPSA) is 52.6 Å². The minimum atomic E-state index is -0.997. The Labute approximate surface area is 163 Å². The van der Waals surface area contributed by atoms with Gasteiger partial charge in [-0.15, -0.1) is 0 Å². The molecule has 0 aromatic heterocycles. The molecule has 0 fully saturated rings. The van der Waals surface area contributed by atoms with Gasteiger partial charge >= 0.3 is 11.9 Å². The molecule has 0 saturated heterocycles. The molecule has 0 bridgehead atoms. The van der Waals surface area contributed by atoms with Crippen LogP contribution in [0, 0.1) is 0 Å². The van der Waals surface area contributed by atoms with Gasteiger partial charge in [0.25, 0.3) is 0 Å².